The molecule has 1 aromatic rings. The summed E-state index contributed by atoms with van der Waals surface area (Å²) >= 11 is 1.81. The molecule has 1 aromatic carbocycles. The number of hydrogen-bond acceptors (Lipinski definition) is 2. The lowest BCUT2D eigenvalue weighted by molar-refractivity contribution is 0.402. The summed E-state index contributed by atoms with van der Waals surface area (Å²) < 4.78 is 5.77. The Morgan fingerprint density at radius 2 is 2.21 bits per heavy atom. The SMILES string of the molecule is C1=CC=C2Oc3ccccc3SC2C=1. The summed E-state index contributed by atoms with van der Waals surface area (Å²) in [5, 5.41) is 0.301. The third kappa shape index (κ3) is 1.20. The predicted molar refractivity (Wildman–Crippen MR) is 57.5 cm³/mol. The van der Waals surface area contributed by atoms with Gasteiger partial charge in [-0.05, 0) is 30.4 Å². The summed E-state index contributed by atoms with van der Waals surface area (Å²) in [7, 11) is 0. The molecule has 1 nitrogen and oxygen atoms in total. The van der Waals surface area contributed by atoms with E-state index in [9.17, 15) is 0 Å². The summed E-state index contributed by atoms with van der Waals surface area (Å²) in [6, 6.07) is 8.12. The molecule has 0 N–H and O–H groups in total. The van der Waals surface area contributed by atoms with Gasteiger partial charge in [0.05, 0.1) is 10.1 Å². The molecule has 0 fully saturated rings. The minimum Gasteiger partial charge on any atom is -0.459 e. The molecule has 1 aliphatic carbocycles. The largest absolute Gasteiger partial charge is 0.459 e. The average molecular weight is 200 g/mol. The Labute approximate surface area is 86.8 Å². The Balaban J connectivity index is 2.07. The van der Waals surface area contributed by atoms with E-state index in [1.807, 2.05) is 48.2 Å². The van der Waals surface area contributed by atoms with E-state index < -0.39 is 0 Å². The summed E-state index contributed by atoms with van der Waals surface area (Å²) in [5.41, 5.74) is 3.09. The third-order valence-corrected chi connectivity index (χ3v) is 3.42. The number of fused-ring (bicyclic) bond motifs is 2. The van der Waals surface area contributed by atoms with Crippen molar-refractivity contribution in [2.24, 2.45) is 0 Å². The molecule has 1 atom stereocenters. The molecule has 0 saturated carbocycles. The fraction of sp³-hybridized carbons (Fsp3) is 0.0833. The van der Waals surface area contributed by atoms with Gasteiger partial charge in [-0.3, -0.25) is 0 Å². The average Bonchev–Trinajstić information content (AvgIpc) is 2.26. The van der Waals surface area contributed by atoms with Gasteiger partial charge in [0.15, 0.2) is 0 Å². The first-order valence-electron chi connectivity index (χ1n) is 4.50. The number of ether oxygens (including phenoxy) is 1. The summed E-state index contributed by atoms with van der Waals surface area (Å²) in [6.07, 6.45) is 5.91. The first-order chi connectivity index (χ1) is 6.93. The van der Waals surface area contributed by atoms with Gasteiger partial charge in [0.1, 0.15) is 11.5 Å². The molecule has 0 amide bonds. The van der Waals surface area contributed by atoms with E-state index in [0.717, 1.165) is 11.5 Å². The molecule has 0 saturated heterocycles. The van der Waals surface area contributed by atoms with Crippen LogP contribution in [0.1, 0.15) is 0 Å². The highest BCUT2D eigenvalue weighted by molar-refractivity contribution is 8.00. The molecule has 0 aromatic heterocycles. The highest BCUT2D eigenvalue weighted by Gasteiger charge is 2.23. The van der Waals surface area contributed by atoms with Crippen molar-refractivity contribution in [1.29, 1.82) is 0 Å². The molecule has 1 aliphatic heterocycles. The maximum Gasteiger partial charge on any atom is 0.140 e. The zero-order valence-electron chi connectivity index (χ0n) is 7.44. The number of hydrogen-bond donors (Lipinski definition) is 0. The lowest BCUT2D eigenvalue weighted by atomic mass is 10.2. The minimum atomic E-state index is 0.301. The van der Waals surface area contributed by atoms with Crippen LogP contribution in [-0.4, -0.2) is 5.25 Å². The molecule has 1 heterocycles. The van der Waals surface area contributed by atoms with E-state index in [-0.39, 0.29) is 0 Å². The standard InChI is InChI=1S/C12H8OS/c1-3-7-11-9(5-1)13-10-6-2-4-8-12(10)14-11/h1-3,5-8,12H. The summed E-state index contributed by atoms with van der Waals surface area (Å²) in [5.74, 6) is 1.97. The Bertz CT molecular complexity index is 467. The smallest absolute Gasteiger partial charge is 0.140 e. The zero-order chi connectivity index (χ0) is 9.38. The van der Waals surface area contributed by atoms with Crippen molar-refractivity contribution < 1.29 is 4.74 Å². The van der Waals surface area contributed by atoms with Crippen molar-refractivity contribution in [2.75, 3.05) is 0 Å². The van der Waals surface area contributed by atoms with E-state index in [0.29, 0.717) is 5.25 Å². The maximum atomic E-state index is 5.77. The second-order valence-electron chi connectivity index (χ2n) is 3.16. The van der Waals surface area contributed by atoms with Gasteiger partial charge >= 0.3 is 0 Å². The number of thioether (sulfide) groups is 1. The number of allylic oxidation sites excluding steroid dienone is 1. The fourth-order valence-corrected chi connectivity index (χ4v) is 2.58. The lowest BCUT2D eigenvalue weighted by Crippen LogP contribution is -2.15. The summed E-state index contributed by atoms with van der Waals surface area (Å²) in [4.78, 5) is 1.20. The van der Waals surface area contributed by atoms with Crippen LogP contribution in [0.2, 0.25) is 0 Å². The van der Waals surface area contributed by atoms with Crippen LogP contribution in [-0.2, 0) is 0 Å². The van der Waals surface area contributed by atoms with E-state index in [1.165, 1.54) is 4.90 Å². The second kappa shape index (κ2) is 3.09. The number of benzene rings is 1. The van der Waals surface area contributed by atoms with Crippen LogP contribution < -0.4 is 4.74 Å². The quantitative estimate of drug-likeness (QED) is 0.595. The molecule has 14 heavy (non-hydrogen) atoms. The van der Waals surface area contributed by atoms with E-state index in [2.05, 4.69) is 11.8 Å². The molecule has 68 valence electrons. The van der Waals surface area contributed by atoms with Crippen molar-refractivity contribution in [3.63, 3.8) is 0 Å². The fourth-order valence-electron chi connectivity index (χ4n) is 1.53. The van der Waals surface area contributed by atoms with Gasteiger partial charge in [-0.1, -0.05) is 12.1 Å². The number of rotatable bonds is 0. The van der Waals surface area contributed by atoms with Gasteiger partial charge < -0.3 is 4.74 Å². The van der Waals surface area contributed by atoms with Crippen molar-refractivity contribution >= 4 is 11.8 Å². The van der Waals surface area contributed by atoms with Gasteiger partial charge in [0.2, 0.25) is 0 Å². The molecular formula is C12H8OS. The van der Waals surface area contributed by atoms with Crippen LogP contribution in [0.15, 0.2) is 58.9 Å². The van der Waals surface area contributed by atoms with Gasteiger partial charge in [-0.25, -0.2) is 0 Å². The van der Waals surface area contributed by atoms with E-state index in [1.54, 1.807) is 0 Å². The molecule has 2 aliphatic rings. The third-order valence-electron chi connectivity index (χ3n) is 2.20. The minimum absolute atomic E-state index is 0.301. The molecule has 0 spiro atoms. The van der Waals surface area contributed by atoms with Crippen molar-refractivity contribution in [2.45, 2.75) is 10.1 Å². The first-order valence-corrected chi connectivity index (χ1v) is 5.38. The van der Waals surface area contributed by atoms with Gasteiger partial charge in [-0.15, -0.1) is 17.5 Å². The van der Waals surface area contributed by atoms with Gasteiger partial charge in [0.25, 0.3) is 0 Å². The molecule has 2 heteroatoms. The van der Waals surface area contributed by atoms with Crippen molar-refractivity contribution in [3.8, 4) is 5.75 Å². The highest BCUT2D eigenvalue weighted by atomic mass is 32.2. The van der Waals surface area contributed by atoms with Crippen LogP contribution in [0, 0.1) is 0 Å². The van der Waals surface area contributed by atoms with Crippen molar-refractivity contribution in [3.05, 3.63) is 54.0 Å². The van der Waals surface area contributed by atoms with E-state index >= 15 is 0 Å². The first kappa shape index (κ1) is 7.98. The Morgan fingerprint density at radius 1 is 1.29 bits per heavy atom. The van der Waals surface area contributed by atoms with Gasteiger partial charge in [-0.2, -0.15) is 0 Å². The van der Waals surface area contributed by atoms with Crippen LogP contribution >= 0.6 is 11.8 Å². The second-order valence-corrected chi connectivity index (χ2v) is 4.34. The Hall–Kier alpha value is -1.37. The molecule has 3 rings (SSSR count). The normalized spacial score (nSPS) is 22.0. The molecule has 0 bridgehead atoms. The van der Waals surface area contributed by atoms with Crippen LogP contribution in [0.25, 0.3) is 0 Å². The van der Waals surface area contributed by atoms with Gasteiger partial charge in [0, 0.05) is 0 Å². The molecule has 0 radical (unpaired) electrons. The molecule has 1 unspecified atom stereocenters. The lowest BCUT2D eigenvalue weighted by Gasteiger charge is -2.25. The topological polar surface area (TPSA) is 9.23 Å². The predicted octanol–water partition coefficient (Wildman–Crippen LogP) is 3.15. The monoisotopic (exact) mass is 200 g/mol. The Morgan fingerprint density at radius 3 is 3.21 bits per heavy atom. The zero-order valence-corrected chi connectivity index (χ0v) is 8.25. The Kier molecular flexibility index (Phi) is 1.76. The van der Waals surface area contributed by atoms with Crippen LogP contribution in [0.5, 0.6) is 5.75 Å². The highest BCUT2D eigenvalue weighted by Crippen LogP contribution is 2.42. The van der Waals surface area contributed by atoms with Crippen LogP contribution in [0.4, 0.5) is 0 Å². The van der Waals surface area contributed by atoms with E-state index in [4.69, 9.17) is 4.74 Å². The number of para-hydroxylation sites is 1. The van der Waals surface area contributed by atoms with Crippen molar-refractivity contribution in [1.82, 2.24) is 0 Å². The summed E-state index contributed by atoms with van der Waals surface area (Å²) in [6.45, 7) is 0. The maximum absolute atomic E-state index is 5.77. The van der Waals surface area contributed by atoms with Crippen LogP contribution in [0.3, 0.4) is 0 Å². The molecular weight excluding hydrogens is 192 g/mol.